The minimum absolute atomic E-state index is 0.0317. The Bertz CT molecular complexity index is 698. The zero-order valence-electron chi connectivity index (χ0n) is 15.1. The fourth-order valence-corrected chi connectivity index (χ4v) is 3.13. The van der Waals surface area contributed by atoms with Crippen molar-refractivity contribution >= 4 is 11.8 Å². The molecule has 1 amide bonds. The first-order valence-corrected chi connectivity index (χ1v) is 9.08. The number of anilines is 1. The zero-order chi connectivity index (χ0) is 18.4. The molecule has 1 aliphatic heterocycles. The molecule has 1 fully saturated rings. The molecular weight excluding hydrogens is 331 g/mol. The Balaban J connectivity index is 1.66. The Morgan fingerprint density at radius 1 is 1.12 bits per heavy atom. The van der Waals surface area contributed by atoms with Crippen LogP contribution in [0.3, 0.4) is 0 Å². The molecule has 0 radical (unpaired) electrons. The summed E-state index contributed by atoms with van der Waals surface area (Å²) in [4.78, 5) is 16.7. The molecular formula is C21H25FN2O2. The second-order valence-electron chi connectivity index (χ2n) is 6.75. The van der Waals surface area contributed by atoms with Crippen molar-refractivity contribution in [3.63, 3.8) is 0 Å². The third kappa shape index (κ3) is 5.05. The molecule has 2 aromatic carbocycles. The highest BCUT2D eigenvalue weighted by atomic mass is 19.1. The highest BCUT2D eigenvalue weighted by Crippen LogP contribution is 2.19. The quantitative estimate of drug-likeness (QED) is 0.808. The second-order valence-corrected chi connectivity index (χ2v) is 6.75. The Kier molecular flexibility index (Phi) is 6.23. The lowest BCUT2D eigenvalue weighted by Gasteiger charge is -2.31. The fraction of sp³-hybridized carbons (Fsp3) is 0.381. The van der Waals surface area contributed by atoms with Gasteiger partial charge >= 0.3 is 6.09 Å². The highest BCUT2D eigenvalue weighted by molar-refractivity contribution is 5.87. The van der Waals surface area contributed by atoms with E-state index in [0.29, 0.717) is 13.0 Å². The lowest BCUT2D eigenvalue weighted by Crippen LogP contribution is -2.40. The van der Waals surface area contributed by atoms with Crippen molar-refractivity contribution in [2.45, 2.75) is 25.4 Å². The molecule has 0 saturated carbocycles. The number of hydrogen-bond donors (Lipinski definition) is 0. The van der Waals surface area contributed by atoms with E-state index < -0.39 is 0 Å². The van der Waals surface area contributed by atoms with Gasteiger partial charge in [0.05, 0.1) is 0 Å². The smallest absolute Gasteiger partial charge is 0.414 e. The maximum Gasteiger partial charge on any atom is 0.414 e. The van der Waals surface area contributed by atoms with Gasteiger partial charge in [-0.15, -0.1) is 0 Å². The van der Waals surface area contributed by atoms with Crippen molar-refractivity contribution in [3.05, 3.63) is 66.0 Å². The maximum absolute atomic E-state index is 13.1. The lowest BCUT2D eigenvalue weighted by atomic mass is 10.1. The molecule has 1 saturated heterocycles. The Morgan fingerprint density at radius 2 is 1.77 bits per heavy atom. The molecule has 0 spiro atoms. The monoisotopic (exact) mass is 356 g/mol. The molecule has 2 aromatic rings. The molecule has 0 aliphatic carbocycles. The molecule has 26 heavy (non-hydrogen) atoms. The summed E-state index contributed by atoms with van der Waals surface area (Å²) < 4.78 is 18.8. The predicted octanol–water partition coefficient (Wildman–Crippen LogP) is 4.11. The third-order valence-electron chi connectivity index (χ3n) is 4.76. The first-order valence-electron chi connectivity index (χ1n) is 9.08. The van der Waals surface area contributed by atoms with Crippen LogP contribution in [0, 0.1) is 5.82 Å². The number of ether oxygens (including phenoxy) is 1. The topological polar surface area (TPSA) is 32.8 Å². The van der Waals surface area contributed by atoms with Gasteiger partial charge in [0.1, 0.15) is 11.9 Å². The Morgan fingerprint density at radius 3 is 2.42 bits per heavy atom. The molecule has 3 rings (SSSR count). The lowest BCUT2D eigenvalue weighted by molar-refractivity contribution is 0.0617. The summed E-state index contributed by atoms with van der Waals surface area (Å²) >= 11 is 0. The second kappa shape index (κ2) is 8.81. The van der Waals surface area contributed by atoms with Gasteiger partial charge in [-0.1, -0.05) is 30.3 Å². The van der Waals surface area contributed by atoms with E-state index in [1.54, 1.807) is 17.0 Å². The van der Waals surface area contributed by atoms with Gasteiger partial charge in [0, 0.05) is 25.3 Å². The van der Waals surface area contributed by atoms with Gasteiger partial charge in [-0.05, 0) is 56.1 Å². The number of carbonyl (C=O) groups excluding carboxylic acids is 1. The number of likely N-dealkylation sites (tertiary alicyclic amines) is 1. The summed E-state index contributed by atoms with van der Waals surface area (Å²) in [6.45, 7) is 2.37. The Hall–Kier alpha value is -2.40. The number of halogens is 1. The van der Waals surface area contributed by atoms with Crippen molar-refractivity contribution in [3.8, 4) is 0 Å². The molecule has 0 bridgehead atoms. The normalized spacial score (nSPS) is 15.6. The van der Waals surface area contributed by atoms with Crippen molar-refractivity contribution in [1.82, 2.24) is 4.90 Å². The van der Waals surface area contributed by atoms with Crippen LogP contribution >= 0.6 is 0 Å². The number of rotatable bonds is 5. The summed E-state index contributed by atoms with van der Waals surface area (Å²) in [6.07, 6.45) is 2.02. The van der Waals surface area contributed by atoms with Gasteiger partial charge in [0.25, 0.3) is 0 Å². The van der Waals surface area contributed by atoms with Crippen LogP contribution in [0.1, 0.15) is 18.4 Å². The summed E-state index contributed by atoms with van der Waals surface area (Å²) in [6, 6.07) is 15.9. The van der Waals surface area contributed by atoms with Crippen LogP contribution < -0.4 is 4.90 Å². The van der Waals surface area contributed by atoms with Gasteiger partial charge in [-0.25, -0.2) is 9.18 Å². The molecule has 0 N–H and O–H groups in total. The van der Waals surface area contributed by atoms with Gasteiger partial charge in [0.15, 0.2) is 0 Å². The number of para-hydroxylation sites is 1. The van der Waals surface area contributed by atoms with Gasteiger partial charge in [-0.2, -0.15) is 0 Å². The van der Waals surface area contributed by atoms with Gasteiger partial charge in [-0.3, -0.25) is 4.90 Å². The van der Waals surface area contributed by atoms with Crippen molar-refractivity contribution < 1.29 is 13.9 Å². The number of nitrogens with zero attached hydrogens (tertiary/aromatic N) is 2. The number of piperidine rings is 1. The molecule has 0 aromatic heterocycles. The molecule has 4 nitrogen and oxygen atoms in total. The SMILES string of the molecule is CN1CCC(OC(=O)N(CCc2ccc(F)cc2)c2ccccc2)CC1. The van der Waals surface area contributed by atoms with E-state index in [1.165, 1.54) is 12.1 Å². The highest BCUT2D eigenvalue weighted by Gasteiger charge is 2.24. The molecule has 1 heterocycles. The van der Waals surface area contributed by atoms with Crippen LogP contribution in [0.5, 0.6) is 0 Å². The average Bonchev–Trinajstić information content (AvgIpc) is 2.66. The van der Waals surface area contributed by atoms with E-state index in [2.05, 4.69) is 11.9 Å². The number of amides is 1. The van der Waals surface area contributed by atoms with Crippen LogP contribution in [0.15, 0.2) is 54.6 Å². The standard InChI is InChI=1S/C21H25FN2O2/c1-23-14-12-20(13-15-23)26-21(25)24(19-5-3-2-4-6-19)16-11-17-7-9-18(22)10-8-17/h2-10,20H,11-16H2,1H3. The number of carbonyl (C=O) groups is 1. The van der Waals surface area contributed by atoms with Crippen LogP contribution in [0.25, 0.3) is 0 Å². The summed E-state index contributed by atoms with van der Waals surface area (Å²) in [5, 5.41) is 0. The van der Waals surface area contributed by atoms with Crippen molar-refractivity contribution in [2.75, 3.05) is 31.6 Å². The number of hydrogen-bond acceptors (Lipinski definition) is 3. The van der Waals surface area contributed by atoms with Crippen molar-refractivity contribution in [1.29, 1.82) is 0 Å². The van der Waals surface area contributed by atoms with E-state index in [0.717, 1.165) is 37.2 Å². The summed E-state index contributed by atoms with van der Waals surface area (Å²) in [7, 11) is 2.08. The van der Waals surface area contributed by atoms with Gasteiger partial charge < -0.3 is 9.64 Å². The minimum atomic E-state index is -0.312. The van der Waals surface area contributed by atoms with E-state index in [1.807, 2.05) is 30.3 Å². The predicted molar refractivity (Wildman–Crippen MR) is 101 cm³/mol. The zero-order valence-corrected chi connectivity index (χ0v) is 15.1. The van der Waals surface area contributed by atoms with E-state index in [4.69, 9.17) is 4.74 Å². The third-order valence-corrected chi connectivity index (χ3v) is 4.76. The van der Waals surface area contributed by atoms with Crippen LogP contribution in [-0.4, -0.2) is 43.8 Å². The first kappa shape index (κ1) is 18.4. The van der Waals surface area contributed by atoms with Crippen LogP contribution in [0.2, 0.25) is 0 Å². The minimum Gasteiger partial charge on any atom is -0.446 e. The number of benzene rings is 2. The van der Waals surface area contributed by atoms with Crippen molar-refractivity contribution in [2.24, 2.45) is 0 Å². The fourth-order valence-electron chi connectivity index (χ4n) is 3.13. The maximum atomic E-state index is 13.1. The average molecular weight is 356 g/mol. The Labute approximate surface area is 154 Å². The van der Waals surface area contributed by atoms with Crippen LogP contribution in [0.4, 0.5) is 14.9 Å². The van der Waals surface area contributed by atoms with Gasteiger partial charge in [0.2, 0.25) is 0 Å². The largest absolute Gasteiger partial charge is 0.446 e. The molecule has 138 valence electrons. The summed E-state index contributed by atoms with van der Waals surface area (Å²) in [5.74, 6) is -0.254. The van der Waals surface area contributed by atoms with Crippen LogP contribution in [-0.2, 0) is 11.2 Å². The molecule has 0 atom stereocenters. The first-order chi connectivity index (χ1) is 12.6. The van der Waals surface area contributed by atoms with E-state index in [-0.39, 0.29) is 18.0 Å². The molecule has 5 heteroatoms. The van der Waals surface area contributed by atoms with E-state index >= 15 is 0 Å². The molecule has 0 unspecified atom stereocenters. The molecule has 1 aliphatic rings. The van der Waals surface area contributed by atoms with E-state index in [9.17, 15) is 9.18 Å². The summed E-state index contributed by atoms with van der Waals surface area (Å²) in [5.41, 5.74) is 1.80.